The van der Waals surface area contributed by atoms with E-state index in [4.69, 9.17) is 4.74 Å². The van der Waals surface area contributed by atoms with Gasteiger partial charge >= 0.3 is 6.09 Å². The number of hydrogen-bond donors (Lipinski definition) is 2. The molecule has 0 bridgehead atoms. The van der Waals surface area contributed by atoms with Crippen LogP contribution in [0.4, 0.5) is 10.5 Å². The zero-order valence-corrected chi connectivity index (χ0v) is 23.5. The molecule has 9 heteroatoms. The van der Waals surface area contributed by atoms with Crippen molar-refractivity contribution in [3.05, 3.63) is 29.8 Å². The predicted molar refractivity (Wildman–Crippen MR) is 148 cm³/mol. The molecule has 1 atom stereocenters. The van der Waals surface area contributed by atoms with Crippen LogP contribution in [0.3, 0.4) is 0 Å². The highest BCUT2D eigenvalue weighted by molar-refractivity contribution is 6.00. The first-order valence-electron chi connectivity index (χ1n) is 14.2. The standard InChI is InChI=1S/C29H45N5O4/c1-29(2,3)38-28(37)30-22-7-11-23(12-8-22)32(4)15-16-33-17-19-34(20-18-33)24-9-5-21(6-10-24)25-13-14-26(35)31-27(25)36/h5-6,9-10,22-23,25H,7-8,11-20H2,1-4H3,(H,30,37)(H,31,35,36). The Balaban J connectivity index is 1.14. The Morgan fingerprint density at radius 2 is 1.68 bits per heavy atom. The van der Waals surface area contributed by atoms with E-state index in [1.165, 1.54) is 5.69 Å². The first kappa shape index (κ1) is 28.4. The van der Waals surface area contributed by atoms with Crippen molar-refractivity contribution >= 4 is 23.6 Å². The highest BCUT2D eigenvalue weighted by Crippen LogP contribution is 2.27. The van der Waals surface area contributed by atoms with E-state index in [9.17, 15) is 14.4 Å². The number of likely N-dealkylation sites (N-methyl/N-ethyl adjacent to an activating group) is 1. The summed E-state index contributed by atoms with van der Waals surface area (Å²) in [6.45, 7) is 11.8. The van der Waals surface area contributed by atoms with Crippen molar-refractivity contribution in [2.75, 3.05) is 51.2 Å². The van der Waals surface area contributed by atoms with Crippen molar-refractivity contribution in [3.63, 3.8) is 0 Å². The molecule has 3 fully saturated rings. The van der Waals surface area contributed by atoms with Gasteiger partial charge in [-0.1, -0.05) is 12.1 Å². The lowest BCUT2D eigenvalue weighted by Crippen LogP contribution is -2.49. The number of alkyl carbamates (subject to hydrolysis) is 1. The predicted octanol–water partition coefficient (Wildman–Crippen LogP) is 3.10. The minimum absolute atomic E-state index is 0.174. The SMILES string of the molecule is CN(CCN1CCN(c2ccc(C3CCC(=O)NC3=O)cc2)CC1)C1CCC(NC(=O)OC(C)(C)C)CC1. The monoisotopic (exact) mass is 527 g/mol. The topological polar surface area (TPSA) is 94.2 Å². The second kappa shape index (κ2) is 12.5. The minimum Gasteiger partial charge on any atom is -0.444 e. The summed E-state index contributed by atoms with van der Waals surface area (Å²) in [6.07, 6.45) is 4.87. The molecule has 38 heavy (non-hydrogen) atoms. The van der Waals surface area contributed by atoms with Crippen molar-refractivity contribution in [1.29, 1.82) is 0 Å². The molecule has 1 saturated carbocycles. The lowest BCUT2D eigenvalue weighted by molar-refractivity contribution is -0.134. The van der Waals surface area contributed by atoms with Crippen molar-refractivity contribution < 1.29 is 19.1 Å². The van der Waals surface area contributed by atoms with Crippen molar-refractivity contribution in [2.24, 2.45) is 0 Å². The van der Waals surface area contributed by atoms with Gasteiger partial charge in [0.25, 0.3) is 0 Å². The zero-order chi connectivity index (χ0) is 27.3. The lowest BCUT2D eigenvalue weighted by atomic mass is 9.90. The summed E-state index contributed by atoms with van der Waals surface area (Å²) in [7, 11) is 2.23. The number of ether oxygens (including phenoxy) is 1. The number of anilines is 1. The average Bonchev–Trinajstić information content (AvgIpc) is 2.87. The largest absolute Gasteiger partial charge is 0.444 e. The summed E-state index contributed by atoms with van der Waals surface area (Å²) in [6, 6.07) is 9.06. The molecule has 1 aliphatic carbocycles. The third-order valence-corrected chi connectivity index (χ3v) is 8.08. The van der Waals surface area contributed by atoms with Gasteiger partial charge in [-0.3, -0.25) is 19.8 Å². The van der Waals surface area contributed by atoms with Crippen LogP contribution in [0.5, 0.6) is 0 Å². The Hall–Kier alpha value is -2.65. The van der Waals surface area contributed by atoms with Crippen LogP contribution in [0.25, 0.3) is 0 Å². The average molecular weight is 528 g/mol. The number of imide groups is 1. The van der Waals surface area contributed by atoms with E-state index in [2.05, 4.69) is 44.5 Å². The molecule has 1 unspecified atom stereocenters. The second-order valence-corrected chi connectivity index (χ2v) is 12.1. The third-order valence-electron chi connectivity index (χ3n) is 8.08. The van der Waals surface area contributed by atoms with Gasteiger partial charge in [0.05, 0.1) is 5.92 Å². The molecule has 9 nitrogen and oxygen atoms in total. The summed E-state index contributed by atoms with van der Waals surface area (Å²) < 4.78 is 5.40. The molecule has 2 saturated heterocycles. The minimum atomic E-state index is -0.463. The summed E-state index contributed by atoms with van der Waals surface area (Å²) in [5.41, 5.74) is 1.71. The lowest BCUT2D eigenvalue weighted by Gasteiger charge is -2.39. The van der Waals surface area contributed by atoms with E-state index >= 15 is 0 Å². The van der Waals surface area contributed by atoms with Gasteiger partial charge in [-0.2, -0.15) is 0 Å². The van der Waals surface area contributed by atoms with Gasteiger partial charge in [-0.15, -0.1) is 0 Å². The Kier molecular flexibility index (Phi) is 9.31. The van der Waals surface area contributed by atoms with Gasteiger partial charge in [-0.05, 0) is 77.6 Å². The molecule has 3 amide bonds. The number of hydrogen-bond acceptors (Lipinski definition) is 7. The molecule has 0 spiro atoms. The molecule has 0 radical (unpaired) electrons. The Morgan fingerprint density at radius 1 is 1.03 bits per heavy atom. The summed E-state index contributed by atoms with van der Waals surface area (Å²) in [5.74, 6) is -0.586. The first-order valence-corrected chi connectivity index (χ1v) is 14.2. The fraction of sp³-hybridized carbons (Fsp3) is 0.690. The number of piperazine rings is 1. The summed E-state index contributed by atoms with van der Waals surface area (Å²) in [4.78, 5) is 43.1. The number of carbonyl (C=O) groups is 3. The molecule has 2 N–H and O–H groups in total. The molecule has 210 valence electrons. The van der Waals surface area contributed by atoms with Gasteiger partial charge in [0.15, 0.2) is 0 Å². The third kappa shape index (κ3) is 7.93. The van der Waals surface area contributed by atoms with E-state index in [1.54, 1.807) is 0 Å². The Morgan fingerprint density at radius 3 is 2.29 bits per heavy atom. The smallest absolute Gasteiger partial charge is 0.407 e. The normalized spacial score (nSPS) is 25.3. The maximum atomic E-state index is 12.2. The number of nitrogens with one attached hydrogen (secondary N) is 2. The van der Waals surface area contributed by atoms with Crippen LogP contribution >= 0.6 is 0 Å². The molecule has 4 rings (SSSR count). The van der Waals surface area contributed by atoms with Crippen LogP contribution in [0, 0.1) is 0 Å². The molecular formula is C29H45N5O4. The maximum Gasteiger partial charge on any atom is 0.407 e. The molecule has 2 aliphatic heterocycles. The molecule has 2 heterocycles. The molecule has 0 aromatic heterocycles. The molecule has 1 aromatic carbocycles. The van der Waals surface area contributed by atoms with E-state index < -0.39 is 5.60 Å². The van der Waals surface area contributed by atoms with Crippen LogP contribution in [0.2, 0.25) is 0 Å². The Bertz CT molecular complexity index is 960. The van der Waals surface area contributed by atoms with Crippen LogP contribution in [0.1, 0.15) is 70.8 Å². The van der Waals surface area contributed by atoms with E-state index in [0.717, 1.165) is 70.5 Å². The first-order chi connectivity index (χ1) is 18.1. The summed E-state index contributed by atoms with van der Waals surface area (Å²) in [5, 5.41) is 5.49. The van der Waals surface area contributed by atoms with Crippen molar-refractivity contribution in [1.82, 2.24) is 20.4 Å². The fourth-order valence-electron chi connectivity index (χ4n) is 5.78. The number of nitrogens with zero attached hydrogens (tertiary/aromatic N) is 3. The van der Waals surface area contributed by atoms with Gasteiger partial charge in [0.2, 0.25) is 11.8 Å². The fourth-order valence-corrected chi connectivity index (χ4v) is 5.78. The zero-order valence-electron chi connectivity index (χ0n) is 23.5. The van der Waals surface area contributed by atoms with Gasteiger partial charge in [0, 0.05) is 63.5 Å². The number of benzene rings is 1. The van der Waals surface area contributed by atoms with Gasteiger partial charge in [-0.25, -0.2) is 4.79 Å². The van der Waals surface area contributed by atoms with Crippen LogP contribution < -0.4 is 15.5 Å². The quantitative estimate of drug-likeness (QED) is 0.526. The molecule has 1 aromatic rings. The highest BCUT2D eigenvalue weighted by atomic mass is 16.6. The van der Waals surface area contributed by atoms with Crippen LogP contribution in [0.15, 0.2) is 24.3 Å². The van der Waals surface area contributed by atoms with Gasteiger partial charge in [0.1, 0.15) is 5.60 Å². The van der Waals surface area contributed by atoms with Crippen molar-refractivity contribution in [3.8, 4) is 0 Å². The van der Waals surface area contributed by atoms with E-state index in [0.29, 0.717) is 18.9 Å². The van der Waals surface area contributed by atoms with E-state index in [-0.39, 0.29) is 29.9 Å². The van der Waals surface area contributed by atoms with Crippen LogP contribution in [-0.2, 0) is 14.3 Å². The number of rotatable bonds is 7. The second-order valence-electron chi connectivity index (χ2n) is 12.1. The van der Waals surface area contributed by atoms with E-state index in [1.807, 2.05) is 32.9 Å². The number of piperidine rings is 1. The van der Waals surface area contributed by atoms with Crippen LogP contribution in [-0.4, -0.2) is 91.7 Å². The molecular weight excluding hydrogens is 482 g/mol. The highest BCUT2D eigenvalue weighted by Gasteiger charge is 2.29. The van der Waals surface area contributed by atoms with Gasteiger partial charge < -0.3 is 19.9 Å². The number of carbonyl (C=O) groups excluding carboxylic acids is 3. The maximum absolute atomic E-state index is 12.2. The van der Waals surface area contributed by atoms with Crippen molar-refractivity contribution in [2.45, 2.75) is 82.9 Å². The Labute approximate surface area is 227 Å². The molecule has 3 aliphatic rings. The number of amides is 3. The summed E-state index contributed by atoms with van der Waals surface area (Å²) >= 11 is 0.